The SMILES string of the molecule is Cn1ncc2c(N3CCN(C(C(=O)Nc4ccccc4)c4ccccc4)CC3)ncnc21. The number of aryl methyl sites for hydroxylation is 1. The Hall–Kier alpha value is -3.78. The van der Waals surface area contributed by atoms with Crippen LogP contribution in [0.1, 0.15) is 11.6 Å². The minimum atomic E-state index is -0.359. The average molecular weight is 428 g/mol. The molecule has 5 rings (SSSR count). The van der Waals surface area contributed by atoms with Gasteiger partial charge in [0.1, 0.15) is 18.2 Å². The fourth-order valence-corrected chi connectivity index (χ4v) is 4.29. The summed E-state index contributed by atoms with van der Waals surface area (Å²) in [6, 6.07) is 19.2. The number of aromatic nitrogens is 4. The van der Waals surface area contributed by atoms with Crippen LogP contribution in [0.4, 0.5) is 11.5 Å². The summed E-state index contributed by atoms with van der Waals surface area (Å²) >= 11 is 0. The highest BCUT2D eigenvalue weighted by Gasteiger charge is 2.31. The van der Waals surface area contributed by atoms with Crippen molar-refractivity contribution in [2.75, 3.05) is 36.4 Å². The van der Waals surface area contributed by atoms with Gasteiger partial charge in [-0.1, -0.05) is 48.5 Å². The zero-order valence-corrected chi connectivity index (χ0v) is 17.9. The van der Waals surface area contributed by atoms with Gasteiger partial charge >= 0.3 is 0 Å². The average Bonchev–Trinajstić information content (AvgIpc) is 3.22. The van der Waals surface area contributed by atoms with Crippen molar-refractivity contribution in [1.29, 1.82) is 0 Å². The van der Waals surface area contributed by atoms with Gasteiger partial charge in [-0.05, 0) is 17.7 Å². The van der Waals surface area contributed by atoms with Crippen molar-refractivity contribution in [3.8, 4) is 0 Å². The number of benzene rings is 2. The quantitative estimate of drug-likeness (QED) is 0.528. The van der Waals surface area contributed by atoms with E-state index in [2.05, 4.69) is 30.2 Å². The van der Waals surface area contributed by atoms with Crippen molar-refractivity contribution in [2.24, 2.45) is 7.05 Å². The van der Waals surface area contributed by atoms with Crippen LogP contribution >= 0.6 is 0 Å². The van der Waals surface area contributed by atoms with E-state index >= 15 is 0 Å². The number of rotatable bonds is 5. The van der Waals surface area contributed by atoms with E-state index in [9.17, 15) is 4.79 Å². The second kappa shape index (κ2) is 8.76. The summed E-state index contributed by atoms with van der Waals surface area (Å²) in [4.78, 5) is 26.7. The van der Waals surface area contributed by atoms with Gasteiger partial charge < -0.3 is 10.2 Å². The maximum absolute atomic E-state index is 13.3. The highest BCUT2D eigenvalue weighted by molar-refractivity contribution is 5.95. The molecule has 0 radical (unpaired) electrons. The molecule has 162 valence electrons. The largest absolute Gasteiger partial charge is 0.353 e. The van der Waals surface area contributed by atoms with Crippen LogP contribution < -0.4 is 10.2 Å². The minimum absolute atomic E-state index is 0.0208. The first-order valence-corrected chi connectivity index (χ1v) is 10.7. The monoisotopic (exact) mass is 427 g/mol. The Morgan fingerprint density at radius 3 is 2.34 bits per heavy atom. The number of hydrogen-bond acceptors (Lipinski definition) is 6. The van der Waals surface area contributed by atoms with Crippen molar-refractivity contribution in [1.82, 2.24) is 24.6 Å². The van der Waals surface area contributed by atoms with Gasteiger partial charge in [0.25, 0.3) is 0 Å². The Labute approximate surface area is 186 Å². The molecule has 0 spiro atoms. The van der Waals surface area contributed by atoms with Gasteiger partial charge in [-0.15, -0.1) is 0 Å². The number of carbonyl (C=O) groups excluding carboxylic acids is 1. The van der Waals surface area contributed by atoms with E-state index in [1.54, 1.807) is 11.0 Å². The summed E-state index contributed by atoms with van der Waals surface area (Å²) in [7, 11) is 1.88. The maximum atomic E-state index is 13.3. The molecule has 1 atom stereocenters. The fourth-order valence-electron chi connectivity index (χ4n) is 4.29. The first-order chi connectivity index (χ1) is 15.7. The topological polar surface area (TPSA) is 79.2 Å². The molecule has 1 aliphatic rings. The molecule has 4 aromatic rings. The second-order valence-corrected chi connectivity index (χ2v) is 7.89. The van der Waals surface area contributed by atoms with Crippen molar-refractivity contribution in [2.45, 2.75) is 6.04 Å². The Morgan fingerprint density at radius 2 is 1.62 bits per heavy atom. The predicted molar refractivity (Wildman–Crippen MR) is 124 cm³/mol. The summed E-state index contributed by atoms with van der Waals surface area (Å²) in [5.41, 5.74) is 2.62. The lowest BCUT2D eigenvalue weighted by atomic mass is 10.0. The summed E-state index contributed by atoms with van der Waals surface area (Å²) in [6.07, 6.45) is 3.41. The molecule has 2 aromatic heterocycles. The standard InChI is InChI=1S/C24H25N7O/c1-29-22-20(16-27-29)23(26-17-25-22)31-14-12-30(13-15-31)21(18-8-4-2-5-9-18)24(32)28-19-10-6-3-7-11-19/h2-11,16-17,21H,12-15H2,1H3,(H,28,32). The van der Waals surface area contributed by atoms with Crippen molar-refractivity contribution in [3.05, 3.63) is 78.8 Å². The van der Waals surface area contributed by atoms with Crippen molar-refractivity contribution in [3.63, 3.8) is 0 Å². The van der Waals surface area contributed by atoms with Gasteiger partial charge in [0.2, 0.25) is 5.91 Å². The Bertz CT molecular complexity index is 1200. The van der Waals surface area contributed by atoms with Gasteiger partial charge in [-0.25, -0.2) is 9.97 Å². The molecule has 2 aromatic carbocycles. The third-order valence-corrected chi connectivity index (χ3v) is 5.89. The molecule has 1 aliphatic heterocycles. The number of nitrogens with zero attached hydrogens (tertiary/aromatic N) is 6. The second-order valence-electron chi connectivity index (χ2n) is 7.89. The van der Waals surface area contributed by atoms with Crippen LogP contribution in [0.15, 0.2) is 73.2 Å². The van der Waals surface area contributed by atoms with Crippen molar-refractivity contribution < 1.29 is 4.79 Å². The zero-order valence-electron chi connectivity index (χ0n) is 17.9. The summed E-state index contributed by atoms with van der Waals surface area (Å²) in [6.45, 7) is 3.02. The van der Waals surface area contributed by atoms with Gasteiger partial charge in [0, 0.05) is 38.9 Å². The van der Waals surface area contributed by atoms with Gasteiger partial charge in [0.05, 0.1) is 11.6 Å². The lowest BCUT2D eigenvalue weighted by Crippen LogP contribution is -2.50. The molecule has 1 saturated heterocycles. The first kappa shape index (κ1) is 20.1. The number of carbonyl (C=O) groups is 1. The van der Waals surface area contributed by atoms with Crippen LogP contribution in [0.2, 0.25) is 0 Å². The molecule has 32 heavy (non-hydrogen) atoms. The lowest BCUT2D eigenvalue weighted by Gasteiger charge is -2.39. The summed E-state index contributed by atoms with van der Waals surface area (Å²) in [5, 5.41) is 8.35. The van der Waals surface area contributed by atoms with Crippen LogP contribution in [0.3, 0.4) is 0 Å². The van der Waals surface area contributed by atoms with Gasteiger partial charge in [-0.2, -0.15) is 5.10 Å². The molecule has 1 amide bonds. The Morgan fingerprint density at radius 1 is 0.938 bits per heavy atom. The smallest absolute Gasteiger partial charge is 0.246 e. The number of anilines is 2. The molecular weight excluding hydrogens is 402 g/mol. The number of amides is 1. The number of nitrogens with one attached hydrogen (secondary N) is 1. The summed E-state index contributed by atoms with van der Waals surface area (Å²) in [5.74, 6) is 0.875. The molecule has 1 unspecified atom stereocenters. The van der Waals surface area contributed by atoms with E-state index in [1.165, 1.54) is 0 Å². The van der Waals surface area contributed by atoms with Crippen LogP contribution in [0.5, 0.6) is 0 Å². The van der Waals surface area contributed by atoms with E-state index in [0.717, 1.165) is 54.3 Å². The van der Waals surface area contributed by atoms with Gasteiger partial charge in [-0.3, -0.25) is 14.4 Å². The Kier molecular flexibility index (Phi) is 5.51. The maximum Gasteiger partial charge on any atom is 0.246 e. The molecule has 8 heteroatoms. The molecule has 1 N–H and O–H groups in total. The van der Waals surface area contributed by atoms with Gasteiger partial charge in [0.15, 0.2) is 5.65 Å². The minimum Gasteiger partial charge on any atom is -0.353 e. The van der Waals surface area contributed by atoms with Crippen molar-refractivity contribution >= 4 is 28.4 Å². The molecule has 0 bridgehead atoms. The normalized spacial score (nSPS) is 15.6. The van der Waals surface area contributed by atoms with Crippen LogP contribution in [0, 0.1) is 0 Å². The highest BCUT2D eigenvalue weighted by Crippen LogP contribution is 2.27. The lowest BCUT2D eigenvalue weighted by molar-refractivity contribution is -0.121. The fraction of sp³-hybridized carbons (Fsp3) is 0.250. The van der Waals surface area contributed by atoms with Crippen LogP contribution in [-0.4, -0.2) is 56.7 Å². The number of piperazine rings is 1. The molecular formula is C24H25N7O. The van der Waals surface area contributed by atoms with E-state index in [4.69, 9.17) is 0 Å². The van der Waals surface area contributed by atoms with E-state index in [0.29, 0.717) is 0 Å². The third kappa shape index (κ3) is 3.92. The summed E-state index contributed by atoms with van der Waals surface area (Å²) < 4.78 is 1.76. The van der Waals surface area contributed by atoms with Crippen LogP contribution in [0.25, 0.3) is 11.0 Å². The zero-order chi connectivity index (χ0) is 21.9. The number of fused-ring (bicyclic) bond motifs is 1. The van der Waals surface area contributed by atoms with E-state index in [1.807, 2.05) is 73.9 Å². The molecule has 8 nitrogen and oxygen atoms in total. The molecule has 0 saturated carbocycles. The Balaban J connectivity index is 1.36. The van der Waals surface area contributed by atoms with E-state index < -0.39 is 0 Å². The van der Waals surface area contributed by atoms with Crippen LogP contribution in [-0.2, 0) is 11.8 Å². The first-order valence-electron chi connectivity index (χ1n) is 10.7. The molecule has 0 aliphatic carbocycles. The molecule has 1 fully saturated rings. The third-order valence-electron chi connectivity index (χ3n) is 5.89. The predicted octanol–water partition coefficient (Wildman–Crippen LogP) is 2.87. The number of para-hydroxylation sites is 1. The molecule has 3 heterocycles. The number of hydrogen-bond donors (Lipinski definition) is 1. The van der Waals surface area contributed by atoms with E-state index in [-0.39, 0.29) is 11.9 Å². The highest BCUT2D eigenvalue weighted by atomic mass is 16.2.